The van der Waals surface area contributed by atoms with E-state index >= 15 is 0 Å². The molecule has 1 unspecified atom stereocenters. The third-order valence-corrected chi connectivity index (χ3v) is 3.01. The lowest BCUT2D eigenvalue weighted by atomic mass is 10.0. The smallest absolute Gasteiger partial charge is 0.123 e. The molecule has 0 aliphatic rings. The van der Waals surface area contributed by atoms with Gasteiger partial charge in [-0.25, -0.2) is 0 Å². The number of rotatable bonds is 8. The molecule has 0 amide bonds. The summed E-state index contributed by atoms with van der Waals surface area (Å²) in [5.74, 6) is 1.47. The average Bonchev–Trinajstić information content (AvgIpc) is 2.24. The lowest BCUT2D eigenvalue weighted by Gasteiger charge is -2.25. The van der Waals surface area contributed by atoms with Gasteiger partial charge in [0.05, 0.1) is 6.10 Å². The van der Waals surface area contributed by atoms with Crippen molar-refractivity contribution in [3.8, 4) is 5.75 Å². The predicted molar refractivity (Wildman–Crippen MR) is 92.0 cm³/mol. The molecular weight excluding hydrogens is 262 g/mol. The molecular formula is C17H31N3O. The maximum absolute atomic E-state index is 5.98. The highest BCUT2D eigenvalue weighted by Crippen LogP contribution is 2.25. The first-order chi connectivity index (χ1) is 9.76. The van der Waals surface area contributed by atoms with Crippen LogP contribution in [0.3, 0.4) is 0 Å². The highest BCUT2D eigenvalue weighted by Gasteiger charge is 2.13. The molecule has 0 aromatic heterocycles. The van der Waals surface area contributed by atoms with Crippen molar-refractivity contribution < 1.29 is 4.74 Å². The van der Waals surface area contributed by atoms with E-state index < -0.39 is 0 Å². The van der Waals surface area contributed by atoms with Gasteiger partial charge in [-0.1, -0.05) is 13.8 Å². The average molecular weight is 293 g/mol. The van der Waals surface area contributed by atoms with Crippen LogP contribution in [0, 0.1) is 5.92 Å². The Bertz CT molecular complexity index is 420. The summed E-state index contributed by atoms with van der Waals surface area (Å²) in [4.78, 5) is 2.21. The zero-order valence-corrected chi connectivity index (χ0v) is 14.3. The van der Waals surface area contributed by atoms with Crippen LogP contribution in [0.15, 0.2) is 18.2 Å². The van der Waals surface area contributed by atoms with Crippen LogP contribution in [-0.2, 0) is 0 Å². The number of benzene rings is 1. The van der Waals surface area contributed by atoms with Crippen LogP contribution in [0.25, 0.3) is 0 Å². The second kappa shape index (κ2) is 8.13. The third kappa shape index (κ3) is 7.23. The van der Waals surface area contributed by atoms with E-state index in [9.17, 15) is 0 Å². The van der Waals surface area contributed by atoms with E-state index in [4.69, 9.17) is 10.5 Å². The fourth-order valence-electron chi connectivity index (χ4n) is 2.47. The number of likely N-dealkylation sites (N-methyl/N-ethyl adjacent to an activating group) is 1. The molecule has 4 nitrogen and oxygen atoms in total. The Labute approximate surface area is 129 Å². The number of nitrogens with two attached hydrogens (primary N) is 1. The number of nitrogen functional groups attached to an aromatic ring is 1. The van der Waals surface area contributed by atoms with Crippen molar-refractivity contribution in [1.82, 2.24) is 4.90 Å². The Morgan fingerprint density at radius 2 is 1.81 bits per heavy atom. The molecule has 0 fully saturated rings. The van der Waals surface area contributed by atoms with Crippen molar-refractivity contribution in [2.75, 3.05) is 31.7 Å². The van der Waals surface area contributed by atoms with Crippen molar-refractivity contribution in [1.29, 1.82) is 0 Å². The van der Waals surface area contributed by atoms with Gasteiger partial charge in [0.15, 0.2) is 0 Å². The van der Waals surface area contributed by atoms with Crippen molar-refractivity contribution in [3.05, 3.63) is 18.2 Å². The summed E-state index contributed by atoms with van der Waals surface area (Å²) in [6.45, 7) is 9.52. The SMILES string of the molecule is CC(C)CC(CN(C)C)Nc1cc(N)cc(OC(C)C)c1. The van der Waals surface area contributed by atoms with Gasteiger partial charge in [0.1, 0.15) is 5.75 Å². The van der Waals surface area contributed by atoms with Crippen LogP contribution in [-0.4, -0.2) is 37.7 Å². The molecule has 1 atom stereocenters. The summed E-state index contributed by atoms with van der Waals surface area (Å²) in [7, 11) is 4.20. The molecule has 0 aliphatic carbocycles. The number of hydrogen-bond donors (Lipinski definition) is 2. The zero-order valence-electron chi connectivity index (χ0n) is 14.3. The van der Waals surface area contributed by atoms with Gasteiger partial charge in [-0.3, -0.25) is 0 Å². The first kappa shape index (κ1) is 17.6. The van der Waals surface area contributed by atoms with Gasteiger partial charge in [-0.2, -0.15) is 0 Å². The molecule has 0 saturated carbocycles. The molecule has 120 valence electrons. The van der Waals surface area contributed by atoms with Crippen LogP contribution < -0.4 is 15.8 Å². The predicted octanol–water partition coefficient (Wildman–Crippen LogP) is 3.44. The van der Waals surface area contributed by atoms with Gasteiger partial charge in [0, 0.05) is 36.1 Å². The number of hydrogen-bond acceptors (Lipinski definition) is 4. The largest absolute Gasteiger partial charge is 0.491 e. The summed E-state index contributed by atoms with van der Waals surface area (Å²) in [5.41, 5.74) is 7.73. The maximum Gasteiger partial charge on any atom is 0.123 e. The van der Waals surface area contributed by atoms with Crippen molar-refractivity contribution in [2.24, 2.45) is 5.92 Å². The van der Waals surface area contributed by atoms with E-state index in [1.807, 2.05) is 32.0 Å². The van der Waals surface area contributed by atoms with E-state index in [1.54, 1.807) is 0 Å². The Morgan fingerprint density at radius 1 is 1.14 bits per heavy atom. The first-order valence-corrected chi connectivity index (χ1v) is 7.74. The highest BCUT2D eigenvalue weighted by atomic mass is 16.5. The molecule has 0 saturated heterocycles. The fourth-order valence-corrected chi connectivity index (χ4v) is 2.47. The molecule has 0 aliphatic heterocycles. The summed E-state index contributed by atoms with van der Waals surface area (Å²) in [5, 5.41) is 3.59. The quantitative estimate of drug-likeness (QED) is 0.721. The van der Waals surface area contributed by atoms with Crippen molar-refractivity contribution in [3.63, 3.8) is 0 Å². The van der Waals surface area contributed by atoms with Gasteiger partial charge in [-0.15, -0.1) is 0 Å². The second-order valence-electron chi connectivity index (χ2n) is 6.69. The highest BCUT2D eigenvalue weighted by molar-refractivity contribution is 5.59. The number of nitrogens with zero attached hydrogens (tertiary/aromatic N) is 1. The van der Waals surface area contributed by atoms with Gasteiger partial charge in [0.25, 0.3) is 0 Å². The normalized spacial score (nSPS) is 13.0. The molecule has 0 bridgehead atoms. The second-order valence-corrected chi connectivity index (χ2v) is 6.69. The summed E-state index contributed by atoms with van der Waals surface area (Å²) in [6, 6.07) is 6.26. The van der Waals surface area contributed by atoms with Gasteiger partial charge >= 0.3 is 0 Å². The van der Waals surface area contributed by atoms with Gasteiger partial charge < -0.3 is 20.7 Å². The molecule has 1 aromatic rings. The lowest BCUT2D eigenvalue weighted by Crippen LogP contribution is -2.33. The van der Waals surface area contributed by atoms with Crippen molar-refractivity contribution >= 4 is 11.4 Å². The molecule has 1 rings (SSSR count). The first-order valence-electron chi connectivity index (χ1n) is 7.74. The molecule has 3 N–H and O–H groups in total. The Morgan fingerprint density at radius 3 is 2.33 bits per heavy atom. The molecule has 1 aromatic carbocycles. The minimum absolute atomic E-state index is 0.146. The van der Waals surface area contributed by atoms with Crippen LogP contribution in [0.2, 0.25) is 0 Å². The van der Waals surface area contributed by atoms with E-state index in [1.165, 1.54) is 0 Å². The maximum atomic E-state index is 5.98. The van der Waals surface area contributed by atoms with Crippen LogP contribution in [0.4, 0.5) is 11.4 Å². The van der Waals surface area contributed by atoms with E-state index in [0.29, 0.717) is 12.0 Å². The molecule has 0 spiro atoms. The monoisotopic (exact) mass is 293 g/mol. The van der Waals surface area contributed by atoms with Crippen LogP contribution in [0.1, 0.15) is 34.1 Å². The molecule has 0 heterocycles. The molecule has 0 radical (unpaired) electrons. The molecule has 21 heavy (non-hydrogen) atoms. The summed E-state index contributed by atoms with van der Waals surface area (Å²) in [6.07, 6.45) is 1.26. The Balaban J connectivity index is 2.84. The fraction of sp³-hybridized carbons (Fsp3) is 0.647. The number of ether oxygens (including phenoxy) is 1. The topological polar surface area (TPSA) is 50.5 Å². The minimum Gasteiger partial charge on any atom is -0.491 e. The Kier molecular flexibility index (Phi) is 6.82. The molecule has 4 heteroatoms. The number of nitrogens with one attached hydrogen (secondary N) is 1. The van der Waals surface area contributed by atoms with Crippen LogP contribution in [0.5, 0.6) is 5.75 Å². The minimum atomic E-state index is 0.146. The van der Waals surface area contributed by atoms with Crippen LogP contribution >= 0.6 is 0 Å². The number of anilines is 2. The van der Waals surface area contributed by atoms with E-state index in [0.717, 1.165) is 30.1 Å². The van der Waals surface area contributed by atoms with E-state index in [-0.39, 0.29) is 6.10 Å². The third-order valence-electron chi connectivity index (χ3n) is 3.01. The summed E-state index contributed by atoms with van der Waals surface area (Å²) >= 11 is 0. The van der Waals surface area contributed by atoms with E-state index in [2.05, 4.69) is 38.2 Å². The lowest BCUT2D eigenvalue weighted by molar-refractivity contribution is 0.242. The summed E-state index contributed by atoms with van der Waals surface area (Å²) < 4.78 is 5.75. The standard InChI is InChI=1S/C17H31N3O/c1-12(2)7-16(11-20(5)6)19-15-8-14(18)9-17(10-15)21-13(3)4/h8-10,12-13,16,19H,7,11,18H2,1-6H3. The van der Waals surface area contributed by atoms with Gasteiger partial charge in [0.2, 0.25) is 0 Å². The zero-order chi connectivity index (χ0) is 16.0. The van der Waals surface area contributed by atoms with Crippen molar-refractivity contribution in [2.45, 2.75) is 46.3 Å². The van der Waals surface area contributed by atoms with Gasteiger partial charge in [-0.05, 0) is 46.3 Å². The Hall–Kier alpha value is -1.42.